The Morgan fingerprint density at radius 1 is 1.64 bits per heavy atom. The number of hydrogen-bond donors (Lipinski definition) is 0. The summed E-state index contributed by atoms with van der Waals surface area (Å²) in [6.07, 6.45) is 8.21. The van der Waals surface area contributed by atoms with Gasteiger partial charge in [0.2, 0.25) is 0 Å². The van der Waals surface area contributed by atoms with E-state index < -0.39 is 0 Å². The van der Waals surface area contributed by atoms with Crippen molar-refractivity contribution in [3.8, 4) is 0 Å². The third-order valence-corrected chi connectivity index (χ3v) is 2.98. The van der Waals surface area contributed by atoms with Crippen LogP contribution >= 0.6 is 15.9 Å². The minimum Gasteiger partial charge on any atom is -0.364 e. The normalized spacial score (nSPS) is 15.2. The summed E-state index contributed by atoms with van der Waals surface area (Å²) in [5.41, 5.74) is 1.22. The summed E-state index contributed by atoms with van der Waals surface area (Å²) < 4.78 is 1.06. The molecule has 1 fully saturated rings. The Balaban J connectivity index is 2.25. The van der Waals surface area contributed by atoms with Crippen molar-refractivity contribution in [1.29, 1.82) is 0 Å². The number of pyridine rings is 1. The third-order valence-electron chi connectivity index (χ3n) is 2.37. The van der Waals surface area contributed by atoms with Gasteiger partial charge in [0.1, 0.15) is 0 Å². The standard InChI is InChI=1S/C11H13BrN2/c1-2-7-14(9-3-4-9)11-5-6-13-8-10(11)12/h2,5-6,8-9H,1,3-4,7H2. The highest BCUT2D eigenvalue weighted by atomic mass is 79.9. The molecule has 0 N–H and O–H groups in total. The zero-order valence-electron chi connectivity index (χ0n) is 7.99. The van der Waals surface area contributed by atoms with Crippen LogP contribution in [-0.4, -0.2) is 17.6 Å². The van der Waals surface area contributed by atoms with Gasteiger partial charge in [0.25, 0.3) is 0 Å². The summed E-state index contributed by atoms with van der Waals surface area (Å²) in [6, 6.07) is 2.75. The lowest BCUT2D eigenvalue weighted by molar-refractivity contribution is 0.857. The van der Waals surface area contributed by atoms with E-state index in [0.29, 0.717) is 6.04 Å². The highest BCUT2D eigenvalue weighted by Gasteiger charge is 2.29. The predicted molar refractivity (Wildman–Crippen MR) is 62.5 cm³/mol. The number of anilines is 1. The van der Waals surface area contributed by atoms with Crippen LogP contribution in [0.1, 0.15) is 12.8 Å². The van der Waals surface area contributed by atoms with E-state index in [4.69, 9.17) is 0 Å². The molecular weight excluding hydrogens is 240 g/mol. The summed E-state index contributed by atoms with van der Waals surface area (Å²) >= 11 is 3.52. The Kier molecular flexibility index (Phi) is 2.87. The van der Waals surface area contributed by atoms with Gasteiger partial charge in [-0.25, -0.2) is 0 Å². The smallest absolute Gasteiger partial charge is 0.0592 e. The maximum atomic E-state index is 4.07. The van der Waals surface area contributed by atoms with Crippen molar-refractivity contribution >= 4 is 21.6 Å². The van der Waals surface area contributed by atoms with E-state index >= 15 is 0 Å². The van der Waals surface area contributed by atoms with Gasteiger partial charge in [0.15, 0.2) is 0 Å². The lowest BCUT2D eigenvalue weighted by atomic mass is 10.3. The number of rotatable bonds is 4. The van der Waals surface area contributed by atoms with Gasteiger partial charge in [0, 0.05) is 25.0 Å². The molecule has 1 aromatic heterocycles. The molecule has 0 atom stereocenters. The number of halogens is 1. The van der Waals surface area contributed by atoms with E-state index in [1.54, 1.807) is 0 Å². The molecular formula is C11H13BrN2. The molecule has 0 saturated heterocycles. The summed E-state index contributed by atoms with van der Waals surface area (Å²) in [5, 5.41) is 0. The van der Waals surface area contributed by atoms with Gasteiger partial charge in [-0.3, -0.25) is 4.98 Å². The topological polar surface area (TPSA) is 16.1 Å². The van der Waals surface area contributed by atoms with E-state index in [-0.39, 0.29) is 0 Å². The molecule has 2 rings (SSSR count). The summed E-state index contributed by atoms with van der Waals surface area (Å²) in [6.45, 7) is 4.70. The zero-order chi connectivity index (χ0) is 9.97. The van der Waals surface area contributed by atoms with Crippen molar-refractivity contribution in [2.45, 2.75) is 18.9 Å². The van der Waals surface area contributed by atoms with Crippen molar-refractivity contribution < 1.29 is 0 Å². The molecule has 1 saturated carbocycles. The lowest BCUT2D eigenvalue weighted by Crippen LogP contribution is -2.25. The van der Waals surface area contributed by atoms with Gasteiger partial charge in [-0.05, 0) is 34.8 Å². The van der Waals surface area contributed by atoms with Gasteiger partial charge in [-0.1, -0.05) is 6.08 Å². The molecule has 0 aliphatic heterocycles. The molecule has 74 valence electrons. The van der Waals surface area contributed by atoms with Crippen LogP contribution in [0.25, 0.3) is 0 Å². The fraction of sp³-hybridized carbons (Fsp3) is 0.364. The van der Waals surface area contributed by atoms with Crippen LogP contribution in [-0.2, 0) is 0 Å². The lowest BCUT2D eigenvalue weighted by Gasteiger charge is -2.23. The second-order valence-corrected chi connectivity index (χ2v) is 4.35. The molecule has 1 aromatic rings. The van der Waals surface area contributed by atoms with E-state index in [2.05, 4.69) is 32.4 Å². The molecule has 1 aliphatic carbocycles. The first-order valence-electron chi connectivity index (χ1n) is 4.80. The van der Waals surface area contributed by atoms with E-state index in [0.717, 1.165) is 11.0 Å². The average molecular weight is 253 g/mol. The highest BCUT2D eigenvalue weighted by Crippen LogP contribution is 2.34. The molecule has 0 radical (unpaired) electrons. The van der Waals surface area contributed by atoms with E-state index in [9.17, 15) is 0 Å². The molecule has 0 bridgehead atoms. The molecule has 0 unspecified atom stereocenters. The number of hydrogen-bond acceptors (Lipinski definition) is 2. The van der Waals surface area contributed by atoms with Gasteiger partial charge >= 0.3 is 0 Å². The molecule has 2 nitrogen and oxygen atoms in total. The van der Waals surface area contributed by atoms with Crippen molar-refractivity contribution in [3.05, 3.63) is 35.6 Å². The second kappa shape index (κ2) is 4.13. The van der Waals surface area contributed by atoms with Gasteiger partial charge in [-0.15, -0.1) is 6.58 Å². The zero-order valence-corrected chi connectivity index (χ0v) is 9.57. The Labute approximate surface area is 92.8 Å². The Bertz CT molecular complexity index is 334. The molecule has 0 amide bonds. The van der Waals surface area contributed by atoms with Crippen molar-refractivity contribution in [2.75, 3.05) is 11.4 Å². The Hall–Kier alpha value is -0.830. The SMILES string of the molecule is C=CCN(c1ccncc1Br)C1CC1. The fourth-order valence-electron chi connectivity index (χ4n) is 1.57. The Morgan fingerprint density at radius 3 is 3.00 bits per heavy atom. The fourth-order valence-corrected chi connectivity index (χ4v) is 2.05. The summed E-state index contributed by atoms with van der Waals surface area (Å²) in [7, 11) is 0. The van der Waals surface area contributed by atoms with Crippen LogP contribution in [0.15, 0.2) is 35.6 Å². The van der Waals surface area contributed by atoms with Crippen LogP contribution in [0.3, 0.4) is 0 Å². The van der Waals surface area contributed by atoms with Crippen molar-refractivity contribution in [3.63, 3.8) is 0 Å². The van der Waals surface area contributed by atoms with Crippen LogP contribution in [0.4, 0.5) is 5.69 Å². The molecule has 1 aliphatic rings. The maximum absolute atomic E-state index is 4.07. The van der Waals surface area contributed by atoms with Crippen LogP contribution in [0, 0.1) is 0 Å². The quantitative estimate of drug-likeness (QED) is 0.767. The van der Waals surface area contributed by atoms with Gasteiger partial charge in [-0.2, -0.15) is 0 Å². The second-order valence-electron chi connectivity index (χ2n) is 3.50. The maximum Gasteiger partial charge on any atom is 0.0592 e. The van der Waals surface area contributed by atoms with Crippen molar-refractivity contribution in [1.82, 2.24) is 4.98 Å². The van der Waals surface area contributed by atoms with Gasteiger partial charge < -0.3 is 4.90 Å². The van der Waals surface area contributed by atoms with E-state index in [1.165, 1.54) is 18.5 Å². The largest absolute Gasteiger partial charge is 0.364 e. The van der Waals surface area contributed by atoms with Crippen LogP contribution in [0.2, 0.25) is 0 Å². The van der Waals surface area contributed by atoms with Gasteiger partial charge in [0.05, 0.1) is 10.2 Å². The first-order valence-corrected chi connectivity index (χ1v) is 5.59. The minimum absolute atomic E-state index is 0.701. The number of nitrogens with zero attached hydrogens (tertiary/aromatic N) is 2. The monoisotopic (exact) mass is 252 g/mol. The van der Waals surface area contributed by atoms with Crippen LogP contribution < -0.4 is 4.90 Å². The number of aromatic nitrogens is 1. The molecule has 1 heterocycles. The summed E-state index contributed by atoms with van der Waals surface area (Å²) in [4.78, 5) is 6.44. The first-order chi connectivity index (χ1) is 6.83. The summed E-state index contributed by atoms with van der Waals surface area (Å²) in [5.74, 6) is 0. The third kappa shape index (κ3) is 1.98. The molecule has 3 heteroatoms. The minimum atomic E-state index is 0.701. The molecule has 0 spiro atoms. The molecule has 0 aromatic carbocycles. The van der Waals surface area contributed by atoms with E-state index in [1.807, 2.05) is 24.5 Å². The van der Waals surface area contributed by atoms with Crippen molar-refractivity contribution in [2.24, 2.45) is 0 Å². The predicted octanol–water partition coefficient (Wildman–Crippen LogP) is 3.00. The molecule has 14 heavy (non-hydrogen) atoms. The Morgan fingerprint density at radius 2 is 2.43 bits per heavy atom. The average Bonchev–Trinajstić information content (AvgIpc) is 2.99. The van der Waals surface area contributed by atoms with Crippen LogP contribution in [0.5, 0.6) is 0 Å². The highest BCUT2D eigenvalue weighted by molar-refractivity contribution is 9.10. The first kappa shape index (κ1) is 9.71.